The van der Waals surface area contributed by atoms with Crippen LogP contribution in [0, 0.1) is 5.92 Å². The Morgan fingerprint density at radius 2 is 1.89 bits per heavy atom. The molecule has 0 radical (unpaired) electrons. The van der Waals surface area contributed by atoms with E-state index in [0.29, 0.717) is 6.42 Å². The standard InChI is InChI=1S/C11H20N2O5/c1-7(2)5-10(16)18-4-3-13-11(17)8(12)6-9(14)15/h7-8H,3-6,12H2,1-2H3,(H,13,17)(H,14,15)/t8-/m1/s1. The predicted octanol–water partition coefficient (Wildman–Crippen LogP) is -0.506. The highest BCUT2D eigenvalue weighted by atomic mass is 16.5. The van der Waals surface area contributed by atoms with Crippen molar-refractivity contribution in [2.75, 3.05) is 13.2 Å². The normalized spacial score (nSPS) is 12.0. The maximum Gasteiger partial charge on any atom is 0.306 e. The highest BCUT2D eigenvalue weighted by Crippen LogP contribution is 2.00. The zero-order chi connectivity index (χ0) is 14.1. The van der Waals surface area contributed by atoms with Crippen LogP contribution >= 0.6 is 0 Å². The third-order valence-electron chi connectivity index (χ3n) is 1.97. The molecule has 0 aromatic rings. The number of esters is 1. The van der Waals surface area contributed by atoms with Gasteiger partial charge < -0.3 is 20.9 Å². The Hall–Kier alpha value is -1.63. The number of nitrogens with one attached hydrogen (secondary N) is 1. The highest BCUT2D eigenvalue weighted by molar-refractivity contribution is 5.85. The van der Waals surface area contributed by atoms with Gasteiger partial charge in [0.15, 0.2) is 0 Å². The zero-order valence-electron chi connectivity index (χ0n) is 10.6. The summed E-state index contributed by atoms with van der Waals surface area (Å²) in [6, 6.07) is -1.09. The number of hydrogen-bond acceptors (Lipinski definition) is 5. The van der Waals surface area contributed by atoms with Gasteiger partial charge in [-0.05, 0) is 5.92 Å². The van der Waals surface area contributed by atoms with Gasteiger partial charge in [0.1, 0.15) is 6.61 Å². The SMILES string of the molecule is CC(C)CC(=O)OCCNC(=O)[C@H](N)CC(=O)O. The van der Waals surface area contributed by atoms with Crippen LogP contribution in [0.2, 0.25) is 0 Å². The first-order valence-corrected chi connectivity index (χ1v) is 5.73. The Bertz CT molecular complexity index is 304. The number of carboxylic acids is 1. The summed E-state index contributed by atoms with van der Waals surface area (Å²) in [5, 5.41) is 10.8. The molecule has 0 aliphatic rings. The first-order chi connectivity index (χ1) is 8.32. The fraction of sp³-hybridized carbons (Fsp3) is 0.727. The van der Waals surface area contributed by atoms with Crippen LogP contribution in [0.25, 0.3) is 0 Å². The molecule has 4 N–H and O–H groups in total. The van der Waals surface area contributed by atoms with Gasteiger partial charge in [-0.1, -0.05) is 13.8 Å². The van der Waals surface area contributed by atoms with Crippen LogP contribution in [0.15, 0.2) is 0 Å². The number of rotatable bonds is 8. The third-order valence-corrected chi connectivity index (χ3v) is 1.97. The van der Waals surface area contributed by atoms with Crippen LogP contribution in [-0.2, 0) is 19.1 Å². The van der Waals surface area contributed by atoms with E-state index in [1.807, 2.05) is 13.8 Å². The van der Waals surface area contributed by atoms with Crippen LogP contribution in [-0.4, -0.2) is 42.1 Å². The molecule has 7 heteroatoms. The zero-order valence-corrected chi connectivity index (χ0v) is 10.6. The Balaban J connectivity index is 3.68. The number of amides is 1. The van der Waals surface area contributed by atoms with Gasteiger partial charge in [0.2, 0.25) is 5.91 Å². The van der Waals surface area contributed by atoms with Crippen LogP contribution in [0.5, 0.6) is 0 Å². The van der Waals surface area contributed by atoms with E-state index in [1.165, 1.54) is 0 Å². The number of carbonyl (C=O) groups is 3. The molecule has 0 fully saturated rings. The molecule has 0 unspecified atom stereocenters. The van der Waals surface area contributed by atoms with Crippen molar-refractivity contribution in [2.24, 2.45) is 11.7 Å². The van der Waals surface area contributed by atoms with Gasteiger partial charge in [-0.2, -0.15) is 0 Å². The second kappa shape index (κ2) is 8.46. The molecule has 0 heterocycles. The largest absolute Gasteiger partial charge is 0.481 e. The number of nitrogens with two attached hydrogens (primary N) is 1. The molecule has 18 heavy (non-hydrogen) atoms. The molecule has 7 nitrogen and oxygen atoms in total. The van der Waals surface area contributed by atoms with Crippen molar-refractivity contribution in [3.8, 4) is 0 Å². The number of hydrogen-bond donors (Lipinski definition) is 3. The van der Waals surface area contributed by atoms with Gasteiger partial charge in [-0.3, -0.25) is 14.4 Å². The minimum Gasteiger partial charge on any atom is -0.481 e. The molecule has 0 aromatic heterocycles. The van der Waals surface area contributed by atoms with Crippen molar-refractivity contribution in [3.05, 3.63) is 0 Å². The Kier molecular flexibility index (Phi) is 7.69. The lowest BCUT2D eigenvalue weighted by atomic mass is 10.1. The van der Waals surface area contributed by atoms with Crippen molar-refractivity contribution in [2.45, 2.75) is 32.7 Å². The maximum atomic E-state index is 11.3. The molecule has 0 bridgehead atoms. The van der Waals surface area contributed by atoms with Crippen LogP contribution in [0.1, 0.15) is 26.7 Å². The van der Waals surface area contributed by atoms with Crippen LogP contribution < -0.4 is 11.1 Å². The lowest BCUT2D eigenvalue weighted by molar-refractivity contribution is -0.144. The van der Waals surface area contributed by atoms with Crippen molar-refractivity contribution in [3.63, 3.8) is 0 Å². The van der Waals surface area contributed by atoms with Crippen molar-refractivity contribution < 1.29 is 24.2 Å². The number of carbonyl (C=O) groups excluding carboxylic acids is 2. The summed E-state index contributed by atoms with van der Waals surface area (Å²) < 4.78 is 4.85. The van der Waals surface area contributed by atoms with E-state index >= 15 is 0 Å². The average Bonchev–Trinajstić information content (AvgIpc) is 2.21. The van der Waals surface area contributed by atoms with Crippen molar-refractivity contribution >= 4 is 17.8 Å². The summed E-state index contributed by atoms with van der Waals surface area (Å²) in [6.45, 7) is 3.97. The summed E-state index contributed by atoms with van der Waals surface area (Å²) >= 11 is 0. The molecule has 0 saturated heterocycles. The molecule has 0 saturated carbocycles. The second-order valence-corrected chi connectivity index (χ2v) is 4.31. The highest BCUT2D eigenvalue weighted by Gasteiger charge is 2.16. The molecular weight excluding hydrogens is 240 g/mol. The van der Waals surface area contributed by atoms with Crippen LogP contribution in [0.4, 0.5) is 0 Å². The first kappa shape index (κ1) is 16.4. The molecule has 0 aromatic carbocycles. The van der Waals surface area contributed by atoms with Gasteiger partial charge >= 0.3 is 11.9 Å². The Morgan fingerprint density at radius 3 is 2.39 bits per heavy atom. The van der Waals surface area contributed by atoms with Gasteiger partial charge in [-0.15, -0.1) is 0 Å². The maximum absolute atomic E-state index is 11.3. The van der Waals surface area contributed by atoms with E-state index in [0.717, 1.165) is 0 Å². The fourth-order valence-electron chi connectivity index (χ4n) is 1.14. The molecule has 1 amide bonds. The van der Waals surface area contributed by atoms with Gasteiger partial charge in [0.05, 0.1) is 19.0 Å². The molecule has 0 aliphatic heterocycles. The molecule has 0 spiro atoms. The molecule has 0 aliphatic carbocycles. The number of aliphatic carboxylic acids is 1. The van der Waals surface area contributed by atoms with E-state index in [1.54, 1.807) is 0 Å². The smallest absolute Gasteiger partial charge is 0.306 e. The lowest BCUT2D eigenvalue weighted by Gasteiger charge is -2.10. The van der Waals surface area contributed by atoms with E-state index < -0.39 is 24.3 Å². The number of carboxylic acid groups (broad SMARTS) is 1. The quantitative estimate of drug-likeness (QED) is 0.399. The Labute approximate surface area is 106 Å². The molecule has 1 atom stereocenters. The third kappa shape index (κ3) is 8.51. The van der Waals surface area contributed by atoms with Gasteiger partial charge in [-0.25, -0.2) is 0 Å². The van der Waals surface area contributed by atoms with Crippen molar-refractivity contribution in [1.82, 2.24) is 5.32 Å². The topological polar surface area (TPSA) is 119 Å². The summed E-state index contributed by atoms with van der Waals surface area (Å²) in [6.07, 6.45) is -0.106. The molecule has 104 valence electrons. The summed E-state index contributed by atoms with van der Waals surface area (Å²) in [7, 11) is 0. The summed E-state index contributed by atoms with van der Waals surface area (Å²) in [4.78, 5) is 32.7. The Morgan fingerprint density at radius 1 is 1.28 bits per heavy atom. The number of ether oxygens (including phenoxy) is 1. The summed E-state index contributed by atoms with van der Waals surface area (Å²) in [5.41, 5.74) is 5.33. The lowest BCUT2D eigenvalue weighted by Crippen LogP contribution is -2.43. The second-order valence-electron chi connectivity index (χ2n) is 4.31. The van der Waals surface area contributed by atoms with Gasteiger partial charge in [0, 0.05) is 6.42 Å². The van der Waals surface area contributed by atoms with Crippen molar-refractivity contribution in [1.29, 1.82) is 0 Å². The first-order valence-electron chi connectivity index (χ1n) is 5.73. The van der Waals surface area contributed by atoms with E-state index in [-0.39, 0.29) is 25.0 Å². The van der Waals surface area contributed by atoms with E-state index in [2.05, 4.69) is 5.32 Å². The van der Waals surface area contributed by atoms with Crippen LogP contribution in [0.3, 0.4) is 0 Å². The fourth-order valence-corrected chi connectivity index (χ4v) is 1.14. The van der Waals surface area contributed by atoms with Gasteiger partial charge in [0.25, 0.3) is 0 Å². The minimum atomic E-state index is -1.14. The monoisotopic (exact) mass is 260 g/mol. The molecular formula is C11H20N2O5. The summed E-state index contributed by atoms with van der Waals surface area (Å²) in [5.74, 6) is -1.82. The van der Waals surface area contributed by atoms with E-state index in [4.69, 9.17) is 15.6 Å². The average molecular weight is 260 g/mol. The minimum absolute atomic E-state index is 0.0527. The molecule has 0 rings (SSSR count). The van der Waals surface area contributed by atoms with E-state index in [9.17, 15) is 14.4 Å². The predicted molar refractivity (Wildman–Crippen MR) is 63.7 cm³/mol.